The highest BCUT2D eigenvalue weighted by molar-refractivity contribution is 7.12. The molecular formula is C15H14N4O2S. The van der Waals surface area contributed by atoms with Crippen molar-refractivity contribution in [1.82, 2.24) is 15.2 Å². The van der Waals surface area contributed by atoms with Gasteiger partial charge in [-0.1, -0.05) is 0 Å². The van der Waals surface area contributed by atoms with Gasteiger partial charge in [0.2, 0.25) is 0 Å². The Morgan fingerprint density at radius 1 is 1.32 bits per heavy atom. The Morgan fingerprint density at radius 2 is 2.09 bits per heavy atom. The molecule has 0 radical (unpaired) electrons. The second kappa shape index (κ2) is 5.98. The lowest BCUT2D eigenvalue weighted by Gasteiger charge is -2.04. The summed E-state index contributed by atoms with van der Waals surface area (Å²) >= 11 is 1.34. The molecule has 22 heavy (non-hydrogen) atoms. The highest BCUT2D eigenvalue weighted by Gasteiger charge is 2.10. The third-order valence-corrected chi connectivity index (χ3v) is 3.94. The first-order valence-corrected chi connectivity index (χ1v) is 7.47. The molecular weight excluding hydrogens is 300 g/mol. The normalized spacial score (nSPS) is 10.5. The van der Waals surface area contributed by atoms with Gasteiger partial charge in [0.05, 0.1) is 12.0 Å². The fourth-order valence-electron chi connectivity index (χ4n) is 1.91. The van der Waals surface area contributed by atoms with Crippen LogP contribution in [0.4, 0.5) is 5.69 Å². The van der Waals surface area contributed by atoms with Crippen molar-refractivity contribution in [2.45, 2.75) is 6.92 Å². The number of carbonyl (C=O) groups excluding carboxylic acids is 1. The Balaban J connectivity index is 1.72. The molecule has 0 aliphatic heterocycles. The van der Waals surface area contributed by atoms with Crippen molar-refractivity contribution in [3.05, 3.63) is 46.4 Å². The zero-order valence-electron chi connectivity index (χ0n) is 12.1. The monoisotopic (exact) mass is 314 g/mol. The molecule has 2 N–H and O–H groups in total. The van der Waals surface area contributed by atoms with Gasteiger partial charge in [-0.3, -0.25) is 9.89 Å². The first-order chi connectivity index (χ1) is 10.7. The van der Waals surface area contributed by atoms with E-state index in [2.05, 4.69) is 20.5 Å². The molecule has 0 bridgehead atoms. The molecule has 2 heterocycles. The molecule has 2 aromatic heterocycles. The highest BCUT2D eigenvalue weighted by Crippen LogP contribution is 2.23. The first-order valence-electron chi connectivity index (χ1n) is 6.59. The molecule has 0 spiro atoms. The largest absolute Gasteiger partial charge is 0.496 e. The third kappa shape index (κ3) is 2.99. The van der Waals surface area contributed by atoms with Crippen molar-refractivity contribution in [2.75, 3.05) is 12.4 Å². The van der Waals surface area contributed by atoms with Crippen LogP contribution in [0.25, 0.3) is 11.4 Å². The van der Waals surface area contributed by atoms with E-state index in [4.69, 9.17) is 4.74 Å². The van der Waals surface area contributed by atoms with Gasteiger partial charge in [0.25, 0.3) is 5.91 Å². The van der Waals surface area contributed by atoms with Gasteiger partial charge in [-0.15, -0.1) is 11.3 Å². The van der Waals surface area contributed by atoms with Crippen molar-refractivity contribution < 1.29 is 9.53 Å². The van der Waals surface area contributed by atoms with E-state index < -0.39 is 0 Å². The molecule has 0 saturated carbocycles. The SMILES string of the molecule is COc1csc(C(=O)Nc2ccc(-c3n[nH]c(C)n3)cc2)c1. The topological polar surface area (TPSA) is 79.9 Å². The summed E-state index contributed by atoms with van der Waals surface area (Å²) in [4.78, 5) is 17.0. The minimum atomic E-state index is -0.158. The van der Waals surface area contributed by atoms with Gasteiger partial charge in [-0.25, -0.2) is 4.98 Å². The lowest BCUT2D eigenvalue weighted by Crippen LogP contribution is -2.09. The molecule has 6 nitrogen and oxygen atoms in total. The molecule has 0 aliphatic carbocycles. The minimum Gasteiger partial charge on any atom is -0.496 e. The number of nitrogens with one attached hydrogen (secondary N) is 2. The Labute approximate surface area is 131 Å². The number of benzene rings is 1. The summed E-state index contributed by atoms with van der Waals surface area (Å²) in [6, 6.07) is 9.10. The average molecular weight is 314 g/mol. The number of carbonyl (C=O) groups is 1. The number of amides is 1. The van der Waals surface area contributed by atoms with E-state index >= 15 is 0 Å². The molecule has 3 rings (SSSR count). The molecule has 1 aromatic carbocycles. The maximum atomic E-state index is 12.1. The molecule has 1 amide bonds. The first kappa shape index (κ1) is 14.3. The fourth-order valence-corrected chi connectivity index (χ4v) is 2.66. The van der Waals surface area contributed by atoms with Crippen molar-refractivity contribution in [3.8, 4) is 17.1 Å². The van der Waals surface area contributed by atoms with Gasteiger partial charge < -0.3 is 10.1 Å². The number of aryl methyl sites for hydroxylation is 1. The lowest BCUT2D eigenvalue weighted by atomic mass is 10.2. The molecule has 0 aliphatic rings. The van der Waals surface area contributed by atoms with E-state index in [1.165, 1.54) is 11.3 Å². The number of nitrogens with zero attached hydrogens (tertiary/aromatic N) is 2. The van der Waals surface area contributed by atoms with Crippen LogP contribution in [0.2, 0.25) is 0 Å². The number of ether oxygens (including phenoxy) is 1. The van der Waals surface area contributed by atoms with Crippen molar-refractivity contribution >= 4 is 22.9 Å². The van der Waals surface area contributed by atoms with Gasteiger partial charge in [0.15, 0.2) is 5.82 Å². The molecule has 112 valence electrons. The van der Waals surface area contributed by atoms with Crippen LogP contribution in [-0.2, 0) is 0 Å². The second-order valence-corrected chi connectivity index (χ2v) is 5.54. The Hall–Kier alpha value is -2.67. The molecule has 0 unspecified atom stereocenters. The average Bonchev–Trinajstić information content (AvgIpc) is 3.17. The maximum Gasteiger partial charge on any atom is 0.265 e. The standard InChI is InChI=1S/C15H14N4O2S/c1-9-16-14(19-18-9)10-3-5-11(6-4-10)17-15(20)13-7-12(21-2)8-22-13/h3-8H,1-2H3,(H,17,20)(H,16,18,19). The van der Waals surface area contributed by atoms with Crippen molar-refractivity contribution in [1.29, 1.82) is 0 Å². The predicted molar refractivity (Wildman–Crippen MR) is 85.4 cm³/mol. The summed E-state index contributed by atoms with van der Waals surface area (Å²) in [7, 11) is 1.58. The van der Waals surface area contributed by atoms with Crippen molar-refractivity contribution in [2.24, 2.45) is 0 Å². The van der Waals surface area contributed by atoms with Crippen LogP contribution in [0.5, 0.6) is 5.75 Å². The van der Waals surface area contributed by atoms with Crippen LogP contribution in [0.15, 0.2) is 35.7 Å². The number of aromatic nitrogens is 3. The van der Waals surface area contributed by atoms with Crippen molar-refractivity contribution in [3.63, 3.8) is 0 Å². The van der Waals surface area contributed by atoms with Gasteiger partial charge in [0.1, 0.15) is 11.6 Å². The number of hydrogen-bond acceptors (Lipinski definition) is 5. The summed E-state index contributed by atoms with van der Waals surface area (Å²) in [6.07, 6.45) is 0. The second-order valence-electron chi connectivity index (χ2n) is 4.63. The number of H-pyrrole nitrogens is 1. The zero-order valence-corrected chi connectivity index (χ0v) is 12.9. The van der Waals surface area contributed by atoms with E-state index in [0.717, 1.165) is 11.4 Å². The predicted octanol–water partition coefficient (Wildman–Crippen LogP) is 3.10. The minimum absolute atomic E-state index is 0.158. The van der Waals surface area contributed by atoms with Crippen LogP contribution in [-0.4, -0.2) is 28.2 Å². The third-order valence-electron chi connectivity index (χ3n) is 3.03. The van der Waals surface area contributed by atoms with E-state index in [-0.39, 0.29) is 5.91 Å². The molecule has 0 fully saturated rings. The number of hydrogen-bond donors (Lipinski definition) is 2. The quantitative estimate of drug-likeness (QED) is 0.775. The van der Waals surface area contributed by atoms with E-state index in [1.807, 2.05) is 31.2 Å². The van der Waals surface area contributed by atoms with E-state index in [1.54, 1.807) is 18.6 Å². The Morgan fingerprint density at radius 3 is 2.68 bits per heavy atom. The van der Waals surface area contributed by atoms with Gasteiger partial charge in [-0.2, -0.15) is 5.10 Å². The molecule has 7 heteroatoms. The van der Waals surface area contributed by atoms with E-state index in [0.29, 0.717) is 22.1 Å². The Bertz CT molecular complexity index is 792. The van der Waals surface area contributed by atoms with Crippen LogP contribution in [0.1, 0.15) is 15.5 Å². The number of thiophene rings is 1. The summed E-state index contributed by atoms with van der Waals surface area (Å²) in [5, 5.41) is 11.5. The van der Waals surface area contributed by atoms with Crippen LogP contribution >= 0.6 is 11.3 Å². The van der Waals surface area contributed by atoms with Crippen LogP contribution in [0.3, 0.4) is 0 Å². The smallest absolute Gasteiger partial charge is 0.265 e. The zero-order chi connectivity index (χ0) is 15.5. The maximum absolute atomic E-state index is 12.1. The highest BCUT2D eigenvalue weighted by atomic mass is 32.1. The fraction of sp³-hybridized carbons (Fsp3) is 0.133. The Kier molecular flexibility index (Phi) is 3.88. The van der Waals surface area contributed by atoms with Gasteiger partial charge in [0, 0.05) is 22.7 Å². The summed E-state index contributed by atoms with van der Waals surface area (Å²) < 4.78 is 5.08. The summed E-state index contributed by atoms with van der Waals surface area (Å²) in [6.45, 7) is 1.85. The molecule has 0 atom stereocenters. The molecule has 0 saturated heterocycles. The number of methoxy groups -OCH3 is 1. The van der Waals surface area contributed by atoms with Crippen LogP contribution in [0, 0.1) is 6.92 Å². The van der Waals surface area contributed by atoms with Crippen LogP contribution < -0.4 is 10.1 Å². The van der Waals surface area contributed by atoms with E-state index in [9.17, 15) is 4.79 Å². The van der Waals surface area contributed by atoms with Gasteiger partial charge >= 0.3 is 0 Å². The number of rotatable bonds is 4. The number of anilines is 1. The summed E-state index contributed by atoms with van der Waals surface area (Å²) in [5.74, 6) is 1.93. The molecule has 3 aromatic rings. The number of aromatic amines is 1. The lowest BCUT2D eigenvalue weighted by molar-refractivity contribution is 0.103. The summed E-state index contributed by atoms with van der Waals surface area (Å²) in [5.41, 5.74) is 1.61. The van der Waals surface area contributed by atoms with Gasteiger partial charge in [-0.05, 0) is 31.2 Å².